The second-order valence-electron chi connectivity index (χ2n) is 6.91. The number of hydrogen-bond acceptors (Lipinski definition) is 4. The minimum atomic E-state index is -0.411. The highest BCUT2D eigenvalue weighted by molar-refractivity contribution is 5.77. The summed E-state index contributed by atoms with van der Waals surface area (Å²) in [5, 5.41) is 3.42. The summed E-state index contributed by atoms with van der Waals surface area (Å²) in [5.41, 5.74) is 2.42. The molecule has 2 heterocycles. The number of carbonyl (C=O) groups is 1. The molecular formula is C19H28N2O3. The van der Waals surface area contributed by atoms with Crippen molar-refractivity contribution in [2.45, 2.75) is 44.8 Å². The molecule has 5 nitrogen and oxygen atoms in total. The quantitative estimate of drug-likeness (QED) is 0.901. The SMILES string of the molecule is CC(C)c1ccccc1NCCC(=O)N1CCC2(CC1)OCCO2. The highest BCUT2D eigenvalue weighted by atomic mass is 16.7. The van der Waals surface area contributed by atoms with E-state index in [1.165, 1.54) is 5.56 Å². The van der Waals surface area contributed by atoms with Crippen LogP contribution in [0.2, 0.25) is 0 Å². The summed E-state index contributed by atoms with van der Waals surface area (Å²) >= 11 is 0. The third kappa shape index (κ3) is 3.90. The van der Waals surface area contributed by atoms with Gasteiger partial charge in [0.2, 0.25) is 5.91 Å². The number of ether oxygens (including phenoxy) is 2. The Morgan fingerprint density at radius 1 is 1.21 bits per heavy atom. The molecule has 0 bridgehead atoms. The number of likely N-dealkylation sites (tertiary alicyclic amines) is 1. The summed E-state index contributed by atoms with van der Waals surface area (Å²) in [6, 6.07) is 8.31. The van der Waals surface area contributed by atoms with Gasteiger partial charge in [0.1, 0.15) is 0 Å². The van der Waals surface area contributed by atoms with Crippen molar-refractivity contribution in [2.24, 2.45) is 0 Å². The molecule has 5 heteroatoms. The van der Waals surface area contributed by atoms with Gasteiger partial charge in [-0.3, -0.25) is 4.79 Å². The summed E-state index contributed by atoms with van der Waals surface area (Å²) in [5.74, 6) is 0.261. The number of hydrogen-bond donors (Lipinski definition) is 1. The van der Waals surface area contributed by atoms with Gasteiger partial charge in [-0.1, -0.05) is 32.0 Å². The van der Waals surface area contributed by atoms with Gasteiger partial charge in [0, 0.05) is 44.6 Å². The zero-order valence-electron chi connectivity index (χ0n) is 14.7. The highest BCUT2D eigenvalue weighted by Crippen LogP contribution is 2.31. The molecule has 1 amide bonds. The lowest BCUT2D eigenvalue weighted by atomic mass is 10.0. The Morgan fingerprint density at radius 2 is 1.88 bits per heavy atom. The zero-order chi connectivity index (χ0) is 17.0. The third-order valence-electron chi connectivity index (χ3n) is 4.93. The van der Waals surface area contributed by atoms with Crippen molar-refractivity contribution < 1.29 is 14.3 Å². The number of benzene rings is 1. The first-order valence-electron chi connectivity index (χ1n) is 8.98. The number of anilines is 1. The van der Waals surface area contributed by atoms with Crippen LogP contribution >= 0.6 is 0 Å². The molecule has 0 aromatic heterocycles. The molecule has 132 valence electrons. The monoisotopic (exact) mass is 332 g/mol. The number of carbonyl (C=O) groups excluding carboxylic acids is 1. The van der Waals surface area contributed by atoms with Gasteiger partial charge >= 0.3 is 0 Å². The van der Waals surface area contributed by atoms with Crippen molar-refractivity contribution in [3.05, 3.63) is 29.8 Å². The lowest BCUT2D eigenvalue weighted by Crippen LogP contribution is -2.47. The van der Waals surface area contributed by atoms with Crippen LogP contribution < -0.4 is 5.32 Å². The van der Waals surface area contributed by atoms with Gasteiger partial charge in [0.15, 0.2) is 5.79 Å². The van der Waals surface area contributed by atoms with Gasteiger partial charge < -0.3 is 19.7 Å². The summed E-state index contributed by atoms with van der Waals surface area (Å²) in [4.78, 5) is 14.4. The Kier molecular flexibility index (Phi) is 5.41. The molecule has 1 aromatic rings. The Bertz CT molecular complexity index is 557. The second-order valence-corrected chi connectivity index (χ2v) is 6.91. The number of nitrogens with zero attached hydrogens (tertiary/aromatic N) is 1. The predicted octanol–water partition coefficient (Wildman–Crippen LogP) is 2.98. The zero-order valence-corrected chi connectivity index (χ0v) is 14.7. The maximum Gasteiger partial charge on any atom is 0.224 e. The second kappa shape index (κ2) is 7.53. The molecule has 0 aliphatic carbocycles. The molecule has 1 aromatic carbocycles. The molecule has 0 radical (unpaired) electrons. The van der Waals surface area contributed by atoms with E-state index in [1.54, 1.807) is 0 Å². The minimum Gasteiger partial charge on any atom is -0.384 e. The van der Waals surface area contributed by atoms with Crippen molar-refractivity contribution in [1.82, 2.24) is 4.90 Å². The van der Waals surface area contributed by atoms with Crippen LogP contribution in [0, 0.1) is 0 Å². The largest absolute Gasteiger partial charge is 0.384 e. The molecule has 2 fully saturated rings. The van der Waals surface area contributed by atoms with E-state index in [9.17, 15) is 4.79 Å². The van der Waals surface area contributed by atoms with Gasteiger partial charge in [-0.2, -0.15) is 0 Å². The maximum absolute atomic E-state index is 12.4. The van der Waals surface area contributed by atoms with E-state index in [0.29, 0.717) is 32.1 Å². The molecule has 24 heavy (non-hydrogen) atoms. The lowest BCUT2D eigenvalue weighted by molar-refractivity contribution is -0.187. The summed E-state index contributed by atoms with van der Waals surface area (Å²) in [6.07, 6.45) is 2.08. The molecular weight excluding hydrogens is 304 g/mol. The van der Waals surface area contributed by atoms with Gasteiger partial charge in [-0.05, 0) is 17.5 Å². The van der Waals surface area contributed by atoms with Crippen molar-refractivity contribution >= 4 is 11.6 Å². The van der Waals surface area contributed by atoms with Crippen LogP contribution in [0.3, 0.4) is 0 Å². The molecule has 1 N–H and O–H groups in total. The van der Waals surface area contributed by atoms with E-state index < -0.39 is 5.79 Å². The van der Waals surface area contributed by atoms with Crippen molar-refractivity contribution in [3.8, 4) is 0 Å². The first kappa shape index (κ1) is 17.2. The Hall–Kier alpha value is -1.59. The molecule has 3 rings (SSSR count). The fourth-order valence-electron chi connectivity index (χ4n) is 3.51. The Labute approximate surface area is 144 Å². The fraction of sp³-hybridized carbons (Fsp3) is 0.632. The van der Waals surface area contributed by atoms with Crippen LogP contribution in [-0.2, 0) is 14.3 Å². The van der Waals surface area contributed by atoms with E-state index in [-0.39, 0.29) is 5.91 Å². The van der Waals surface area contributed by atoms with Gasteiger partial charge in [-0.15, -0.1) is 0 Å². The first-order chi connectivity index (χ1) is 11.6. The number of para-hydroxylation sites is 1. The van der Waals surface area contributed by atoms with Gasteiger partial charge in [0.05, 0.1) is 13.2 Å². The maximum atomic E-state index is 12.4. The van der Waals surface area contributed by atoms with Crippen LogP contribution in [0.4, 0.5) is 5.69 Å². The van der Waals surface area contributed by atoms with Crippen LogP contribution in [0.15, 0.2) is 24.3 Å². The number of rotatable bonds is 5. The van der Waals surface area contributed by atoms with Crippen LogP contribution in [0.5, 0.6) is 0 Å². The van der Waals surface area contributed by atoms with E-state index in [1.807, 2.05) is 11.0 Å². The first-order valence-corrected chi connectivity index (χ1v) is 8.98. The number of piperidine rings is 1. The van der Waals surface area contributed by atoms with E-state index >= 15 is 0 Å². The normalized spacial score (nSPS) is 19.9. The smallest absolute Gasteiger partial charge is 0.224 e. The average molecular weight is 332 g/mol. The molecule has 1 spiro atoms. The molecule has 2 aliphatic rings. The van der Waals surface area contributed by atoms with Crippen molar-refractivity contribution in [1.29, 1.82) is 0 Å². The van der Waals surface area contributed by atoms with E-state index in [2.05, 4.69) is 37.4 Å². The Balaban J connectivity index is 1.45. The predicted molar refractivity (Wildman–Crippen MR) is 94.1 cm³/mol. The molecule has 2 saturated heterocycles. The number of amides is 1. The summed E-state index contributed by atoms with van der Waals surface area (Å²) in [7, 11) is 0. The Morgan fingerprint density at radius 3 is 2.54 bits per heavy atom. The average Bonchev–Trinajstić information content (AvgIpc) is 3.04. The van der Waals surface area contributed by atoms with Crippen LogP contribution in [0.25, 0.3) is 0 Å². The van der Waals surface area contributed by atoms with Crippen molar-refractivity contribution in [2.75, 3.05) is 38.2 Å². The topological polar surface area (TPSA) is 50.8 Å². The highest BCUT2D eigenvalue weighted by Gasteiger charge is 2.40. The number of nitrogens with one attached hydrogen (secondary N) is 1. The summed E-state index contributed by atoms with van der Waals surface area (Å²) in [6.45, 7) is 7.82. The molecule has 0 saturated carbocycles. The summed E-state index contributed by atoms with van der Waals surface area (Å²) < 4.78 is 11.4. The van der Waals surface area contributed by atoms with E-state index in [4.69, 9.17) is 9.47 Å². The van der Waals surface area contributed by atoms with Crippen LogP contribution in [-0.4, -0.2) is 49.4 Å². The molecule has 0 atom stereocenters. The van der Waals surface area contributed by atoms with Crippen molar-refractivity contribution in [3.63, 3.8) is 0 Å². The minimum absolute atomic E-state index is 0.206. The molecule has 0 unspecified atom stereocenters. The third-order valence-corrected chi connectivity index (χ3v) is 4.93. The van der Waals surface area contributed by atoms with Gasteiger partial charge in [-0.25, -0.2) is 0 Å². The van der Waals surface area contributed by atoms with Gasteiger partial charge in [0.25, 0.3) is 0 Å². The lowest BCUT2D eigenvalue weighted by Gasteiger charge is -2.37. The fourth-order valence-corrected chi connectivity index (χ4v) is 3.51. The van der Waals surface area contributed by atoms with Crippen LogP contribution in [0.1, 0.15) is 44.6 Å². The molecule has 2 aliphatic heterocycles. The van der Waals surface area contributed by atoms with E-state index in [0.717, 1.165) is 31.6 Å². The standard InChI is InChI=1S/C19H28N2O3/c1-15(2)16-5-3-4-6-17(16)20-10-7-18(22)21-11-8-19(9-12-21)23-13-14-24-19/h3-6,15,20H,7-14H2,1-2H3.